The Morgan fingerprint density at radius 2 is 1.68 bits per heavy atom. The van der Waals surface area contributed by atoms with E-state index in [0.29, 0.717) is 25.4 Å². The Labute approximate surface area is 223 Å². The molecule has 10 heteroatoms. The van der Waals surface area contributed by atoms with Crippen molar-refractivity contribution in [1.29, 1.82) is 0 Å². The minimum atomic E-state index is -0.378. The van der Waals surface area contributed by atoms with Gasteiger partial charge < -0.3 is 20.3 Å². The highest BCUT2D eigenvalue weighted by Gasteiger charge is 2.29. The predicted molar refractivity (Wildman–Crippen MR) is 148 cm³/mol. The van der Waals surface area contributed by atoms with Gasteiger partial charge in [-0.25, -0.2) is 9.97 Å². The van der Waals surface area contributed by atoms with Gasteiger partial charge in [-0.2, -0.15) is 0 Å². The molecule has 0 bridgehead atoms. The van der Waals surface area contributed by atoms with Crippen LogP contribution in [-0.2, 0) is 22.6 Å². The largest absolute Gasteiger partial charge is 0.462 e. The zero-order valence-electron chi connectivity index (χ0n) is 22.2. The van der Waals surface area contributed by atoms with Gasteiger partial charge in [-0.05, 0) is 51.3 Å². The minimum Gasteiger partial charge on any atom is -0.462 e. The molecule has 1 aliphatic heterocycles. The van der Waals surface area contributed by atoms with Crippen molar-refractivity contribution < 1.29 is 14.5 Å². The molecular weight excluding hydrogens is 484 g/mol. The number of nitro groups is 1. The van der Waals surface area contributed by atoms with E-state index in [2.05, 4.69) is 25.3 Å². The number of ether oxygens (including phenoxy) is 1. The number of nitrogens with one attached hydrogen (secondary N) is 2. The Balaban J connectivity index is 0.000000505. The number of piperidine rings is 1. The molecule has 4 rings (SSSR count). The van der Waals surface area contributed by atoms with Crippen LogP contribution < -0.4 is 15.5 Å². The molecular formula is C28H36N6O4. The lowest BCUT2D eigenvalue weighted by Gasteiger charge is -2.26. The van der Waals surface area contributed by atoms with Crippen LogP contribution in [0.1, 0.15) is 44.7 Å². The molecule has 0 saturated carbocycles. The second-order valence-electron chi connectivity index (χ2n) is 9.99. The monoisotopic (exact) mass is 520 g/mol. The third kappa shape index (κ3) is 9.11. The van der Waals surface area contributed by atoms with Crippen LogP contribution in [0.5, 0.6) is 0 Å². The fourth-order valence-corrected chi connectivity index (χ4v) is 4.00. The van der Waals surface area contributed by atoms with E-state index in [9.17, 15) is 14.9 Å². The number of carbonyl (C=O) groups excluding carboxylic acids is 1. The lowest BCUT2D eigenvalue weighted by molar-refractivity contribution is -0.383. The van der Waals surface area contributed by atoms with E-state index in [0.717, 1.165) is 37.1 Å². The normalized spacial score (nSPS) is 15.0. The van der Waals surface area contributed by atoms with Crippen LogP contribution in [0, 0.1) is 10.1 Å². The number of benzene rings is 2. The maximum absolute atomic E-state index is 12.1. The Morgan fingerprint density at radius 1 is 1.08 bits per heavy atom. The van der Waals surface area contributed by atoms with Gasteiger partial charge >= 0.3 is 5.69 Å². The first kappa shape index (κ1) is 28.5. The van der Waals surface area contributed by atoms with Crippen LogP contribution in [0.4, 0.5) is 17.3 Å². The highest BCUT2D eigenvalue weighted by atomic mass is 16.6. The SMILES string of the molecule is CC(C)(C)OC=O.O=[N+]([O-])c1c(NC2CCCNC2)ncnc1N(Cc1ccccc1)Cc1ccccc1. The van der Waals surface area contributed by atoms with Crippen LogP contribution in [0.2, 0.25) is 0 Å². The lowest BCUT2D eigenvalue weighted by atomic mass is 10.1. The third-order valence-corrected chi connectivity index (χ3v) is 5.76. The summed E-state index contributed by atoms with van der Waals surface area (Å²) in [4.78, 5) is 31.9. The number of nitrogens with zero attached hydrogens (tertiary/aromatic N) is 4. The molecule has 0 radical (unpaired) electrons. The van der Waals surface area contributed by atoms with Gasteiger partial charge in [-0.15, -0.1) is 0 Å². The average Bonchev–Trinajstić information content (AvgIpc) is 2.89. The minimum absolute atomic E-state index is 0.0834. The number of rotatable bonds is 9. The Bertz CT molecular complexity index is 1110. The molecule has 1 saturated heterocycles. The molecule has 0 spiro atoms. The van der Waals surface area contributed by atoms with Gasteiger partial charge in [-0.3, -0.25) is 14.9 Å². The van der Waals surface area contributed by atoms with E-state index in [4.69, 9.17) is 0 Å². The summed E-state index contributed by atoms with van der Waals surface area (Å²) in [7, 11) is 0. The second-order valence-corrected chi connectivity index (χ2v) is 9.99. The van der Waals surface area contributed by atoms with E-state index >= 15 is 0 Å². The molecule has 0 amide bonds. The summed E-state index contributed by atoms with van der Waals surface area (Å²) in [6.07, 6.45) is 3.38. The molecule has 202 valence electrons. The molecule has 38 heavy (non-hydrogen) atoms. The van der Waals surface area contributed by atoms with Gasteiger partial charge in [-0.1, -0.05) is 60.7 Å². The van der Waals surface area contributed by atoms with Gasteiger partial charge in [0, 0.05) is 25.7 Å². The first-order valence-electron chi connectivity index (χ1n) is 12.7. The Kier molecular flexibility index (Phi) is 10.5. The van der Waals surface area contributed by atoms with Crippen molar-refractivity contribution >= 4 is 23.8 Å². The first-order chi connectivity index (χ1) is 18.3. The first-order valence-corrected chi connectivity index (χ1v) is 12.7. The fourth-order valence-electron chi connectivity index (χ4n) is 4.00. The molecule has 1 unspecified atom stereocenters. The molecule has 1 aromatic heterocycles. The summed E-state index contributed by atoms with van der Waals surface area (Å²) in [5.41, 5.74) is 1.71. The molecule has 2 aromatic carbocycles. The number of carbonyl (C=O) groups is 1. The summed E-state index contributed by atoms with van der Waals surface area (Å²) >= 11 is 0. The molecule has 2 heterocycles. The van der Waals surface area contributed by atoms with Crippen molar-refractivity contribution in [3.63, 3.8) is 0 Å². The van der Waals surface area contributed by atoms with E-state index in [1.165, 1.54) is 6.33 Å². The Morgan fingerprint density at radius 3 is 2.13 bits per heavy atom. The molecule has 10 nitrogen and oxygen atoms in total. The summed E-state index contributed by atoms with van der Waals surface area (Å²) in [5, 5.41) is 18.7. The maximum atomic E-state index is 12.1. The average molecular weight is 521 g/mol. The molecule has 1 atom stereocenters. The summed E-state index contributed by atoms with van der Waals surface area (Å²) in [5.74, 6) is 0.591. The summed E-state index contributed by atoms with van der Waals surface area (Å²) in [6, 6.07) is 19.9. The van der Waals surface area contributed by atoms with Gasteiger partial charge in [0.15, 0.2) is 0 Å². The zero-order valence-corrected chi connectivity index (χ0v) is 22.2. The maximum Gasteiger partial charge on any atom is 0.353 e. The topological polar surface area (TPSA) is 123 Å². The summed E-state index contributed by atoms with van der Waals surface area (Å²) < 4.78 is 4.55. The number of anilines is 2. The van der Waals surface area contributed by atoms with Crippen LogP contribution in [0.3, 0.4) is 0 Å². The lowest BCUT2D eigenvalue weighted by Crippen LogP contribution is -2.38. The quantitative estimate of drug-likeness (QED) is 0.234. The molecule has 1 aliphatic rings. The van der Waals surface area contributed by atoms with Crippen molar-refractivity contribution in [3.8, 4) is 0 Å². The molecule has 1 fully saturated rings. The fraction of sp³-hybridized carbons (Fsp3) is 0.393. The van der Waals surface area contributed by atoms with E-state index in [-0.39, 0.29) is 28.1 Å². The van der Waals surface area contributed by atoms with Crippen LogP contribution in [-0.4, -0.2) is 46.1 Å². The van der Waals surface area contributed by atoms with Crippen molar-refractivity contribution in [1.82, 2.24) is 15.3 Å². The second kappa shape index (κ2) is 14.0. The van der Waals surface area contributed by atoms with E-state index < -0.39 is 0 Å². The zero-order chi connectivity index (χ0) is 27.4. The van der Waals surface area contributed by atoms with Gasteiger partial charge in [0.25, 0.3) is 6.47 Å². The van der Waals surface area contributed by atoms with Crippen LogP contribution >= 0.6 is 0 Å². The number of aromatic nitrogens is 2. The molecule has 0 aliphatic carbocycles. The van der Waals surface area contributed by atoms with Gasteiger partial charge in [0.2, 0.25) is 11.6 Å². The summed E-state index contributed by atoms with van der Waals surface area (Å²) in [6.45, 7) is 8.64. The van der Waals surface area contributed by atoms with Crippen molar-refractivity contribution in [2.24, 2.45) is 0 Å². The van der Waals surface area contributed by atoms with Gasteiger partial charge in [0.1, 0.15) is 11.9 Å². The highest BCUT2D eigenvalue weighted by molar-refractivity contribution is 5.70. The van der Waals surface area contributed by atoms with Crippen molar-refractivity contribution in [2.75, 3.05) is 23.3 Å². The van der Waals surface area contributed by atoms with E-state index in [1.54, 1.807) is 0 Å². The smallest absolute Gasteiger partial charge is 0.353 e. The van der Waals surface area contributed by atoms with E-state index in [1.807, 2.05) is 86.3 Å². The number of hydrogen-bond acceptors (Lipinski definition) is 9. The standard InChI is InChI=1S/C23H26N6O2.C5H10O2/c30-29(31)21-22(27-20-12-7-13-24-14-20)25-17-26-23(21)28(15-18-8-3-1-4-9-18)16-19-10-5-2-6-11-19;1-5(2,3)7-4-6/h1-6,8-11,17,20,24H,7,12-16H2,(H,25,26,27);4H,1-3H3. The van der Waals surface area contributed by atoms with Crippen molar-refractivity contribution in [3.05, 3.63) is 88.2 Å². The van der Waals surface area contributed by atoms with Crippen molar-refractivity contribution in [2.45, 2.75) is 58.3 Å². The molecule has 2 N–H and O–H groups in total. The van der Waals surface area contributed by atoms with Crippen LogP contribution in [0.15, 0.2) is 67.0 Å². The van der Waals surface area contributed by atoms with Gasteiger partial charge in [0.05, 0.1) is 4.92 Å². The van der Waals surface area contributed by atoms with Crippen LogP contribution in [0.25, 0.3) is 0 Å². The Hall–Kier alpha value is -4.05. The number of hydrogen-bond donors (Lipinski definition) is 2. The third-order valence-electron chi connectivity index (χ3n) is 5.76. The highest BCUT2D eigenvalue weighted by Crippen LogP contribution is 2.34. The predicted octanol–water partition coefficient (Wildman–Crippen LogP) is 4.71. The molecule has 3 aromatic rings.